The first-order valence-electron chi connectivity index (χ1n) is 11.0. The van der Waals surface area contributed by atoms with Gasteiger partial charge in [0, 0.05) is 10.8 Å². The number of amides is 1. The lowest BCUT2D eigenvalue weighted by molar-refractivity contribution is -0.129. The Hall–Kier alpha value is -3.67. The first-order chi connectivity index (χ1) is 15.8. The van der Waals surface area contributed by atoms with Gasteiger partial charge < -0.3 is 10.1 Å². The second-order valence-electron chi connectivity index (χ2n) is 9.17. The number of halogens is 1. The predicted molar refractivity (Wildman–Crippen MR) is 128 cm³/mol. The maximum absolute atomic E-state index is 13.3. The van der Waals surface area contributed by atoms with Gasteiger partial charge in [-0.25, -0.2) is 9.07 Å². The second-order valence-corrected chi connectivity index (χ2v) is 9.17. The van der Waals surface area contributed by atoms with Crippen molar-refractivity contribution < 1.29 is 13.9 Å². The summed E-state index contributed by atoms with van der Waals surface area (Å²) in [6, 6.07) is 21.8. The van der Waals surface area contributed by atoms with Gasteiger partial charge in [0.1, 0.15) is 18.2 Å². The third-order valence-corrected chi connectivity index (χ3v) is 5.40. The minimum atomic E-state index is -0.483. The first kappa shape index (κ1) is 22.5. The van der Waals surface area contributed by atoms with Crippen LogP contribution in [0.25, 0.3) is 16.6 Å². The average Bonchev–Trinajstić information content (AvgIpc) is 3.21. The van der Waals surface area contributed by atoms with E-state index in [-0.39, 0.29) is 17.8 Å². The molecule has 1 N–H and O–H groups in total. The van der Waals surface area contributed by atoms with Crippen molar-refractivity contribution in [2.45, 2.75) is 33.2 Å². The minimum absolute atomic E-state index is 0.0111. The fourth-order valence-electron chi connectivity index (χ4n) is 3.54. The van der Waals surface area contributed by atoms with Crippen LogP contribution in [0, 0.1) is 11.2 Å². The Labute approximate surface area is 193 Å². The lowest BCUT2D eigenvalue weighted by Crippen LogP contribution is -2.45. The van der Waals surface area contributed by atoms with Gasteiger partial charge in [0.15, 0.2) is 0 Å². The van der Waals surface area contributed by atoms with Gasteiger partial charge in [0.2, 0.25) is 5.91 Å². The average molecular weight is 446 g/mol. The van der Waals surface area contributed by atoms with E-state index in [2.05, 4.69) is 10.4 Å². The van der Waals surface area contributed by atoms with E-state index in [1.54, 1.807) is 23.0 Å². The molecule has 0 aliphatic rings. The summed E-state index contributed by atoms with van der Waals surface area (Å²) >= 11 is 0. The molecule has 1 atom stereocenters. The molecule has 170 valence electrons. The molecular formula is C27H28FN3O2. The van der Waals surface area contributed by atoms with E-state index < -0.39 is 5.41 Å². The van der Waals surface area contributed by atoms with Gasteiger partial charge in [0.05, 0.1) is 23.4 Å². The van der Waals surface area contributed by atoms with Crippen LogP contribution in [0.2, 0.25) is 0 Å². The standard InChI is InChI=1S/C27H28FN3O2/c1-27(2,3)26(32)30-22(15-19-7-5-4-6-8-19)18-33-24-13-14-25-20(16-24)17-29-31(25)23-11-9-21(28)10-12-23/h4-14,16-17,22H,15,18H2,1-3H3,(H,30,32). The van der Waals surface area contributed by atoms with Crippen molar-refractivity contribution in [2.24, 2.45) is 5.41 Å². The molecule has 0 aliphatic heterocycles. The zero-order chi connectivity index (χ0) is 23.4. The van der Waals surface area contributed by atoms with Gasteiger partial charge in [0.25, 0.3) is 0 Å². The molecule has 0 aliphatic carbocycles. The number of carbonyl (C=O) groups is 1. The van der Waals surface area contributed by atoms with Crippen molar-refractivity contribution >= 4 is 16.8 Å². The zero-order valence-electron chi connectivity index (χ0n) is 19.1. The van der Waals surface area contributed by atoms with Crippen molar-refractivity contribution in [2.75, 3.05) is 6.61 Å². The van der Waals surface area contributed by atoms with Gasteiger partial charge in [-0.15, -0.1) is 0 Å². The summed E-state index contributed by atoms with van der Waals surface area (Å²) in [7, 11) is 0. The summed E-state index contributed by atoms with van der Waals surface area (Å²) in [4.78, 5) is 12.6. The number of fused-ring (bicyclic) bond motifs is 1. The van der Waals surface area contributed by atoms with Crippen molar-refractivity contribution in [3.05, 3.63) is 90.4 Å². The molecule has 0 spiro atoms. The summed E-state index contributed by atoms with van der Waals surface area (Å²) < 4.78 is 21.1. The second kappa shape index (κ2) is 9.45. The Balaban J connectivity index is 1.50. The Morgan fingerprint density at radius 1 is 1.06 bits per heavy atom. The Kier molecular flexibility index (Phi) is 6.45. The van der Waals surface area contributed by atoms with E-state index in [4.69, 9.17) is 4.74 Å². The Bertz CT molecular complexity index is 1230. The maximum atomic E-state index is 13.3. The molecule has 6 heteroatoms. The molecule has 3 aromatic carbocycles. The number of carbonyl (C=O) groups excluding carboxylic acids is 1. The van der Waals surface area contributed by atoms with Crippen LogP contribution in [-0.4, -0.2) is 28.3 Å². The zero-order valence-corrected chi connectivity index (χ0v) is 19.1. The van der Waals surface area contributed by atoms with Crippen LogP contribution in [0.15, 0.2) is 79.0 Å². The van der Waals surface area contributed by atoms with Crippen LogP contribution >= 0.6 is 0 Å². The molecule has 0 bridgehead atoms. The molecule has 4 rings (SSSR count). The molecule has 0 radical (unpaired) electrons. The van der Waals surface area contributed by atoms with Crippen LogP contribution in [0.5, 0.6) is 5.75 Å². The van der Waals surface area contributed by atoms with Crippen molar-refractivity contribution in [3.8, 4) is 11.4 Å². The Morgan fingerprint density at radius 3 is 2.48 bits per heavy atom. The summed E-state index contributed by atoms with van der Waals surface area (Å²) in [6.07, 6.45) is 2.43. The van der Waals surface area contributed by atoms with Gasteiger partial charge in [-0.1, -0.05) is 51.1 Å². The number of benzene rings is 3. The van der Waals surface area contributed by atoms with Crippen molar-refractivity contribution in [1.29, 1.82) is 0 Å². The first-order valence-corrected chi connectivity index (χ1v) is 11.0. The highest BCUT2D eigenvalue weighted by Crippen LogP contribution is 2.24. The fraction of sp³-hybridized carbons (Fsp3) is 0.259. The van der Waals surface area contributed by atoms with Crippen LogP contribution in [-0.2, 0) is 11.2 Å². The van der Waals surface area contributed by atoms with E-state index in [1.807, 2.05) is 69.3 Å². The van der Waals surface area contributed by atoms with Crippen LogP contribution in [0.1, 0.15) is 26.3 Å². The smallest absolute Gasteiger partial charge is 0.225 e. The monoisotopic (exact) mass is 445 g/mol. The van der Waals surface area contributed by atoms with E-state index >= 15 is 0 Å². The van der Waals surface area contributed by atoms with E-state index in [0.29, 0.717) is 18.8 Å². The van der Waals surface area contributed by atoms with Gasteiger partial charge in [-0.2, -0.15) is 5.10 Å². The van der Waals surface area contributed by atoms with Crippen LogP contribution in [0.3, 0.4) is 0 Å². The third-order valence-electron chi connectivity index (χ3n) is 5.40. The molecule has 4 aromatic rings. The molecule has 1 aromatic heterocycles. The molecule has 33 heavy (non-hydrogen) atoms. The van der Waals surface area contributed by atoms with E-state index in [1.165, 1.54) is 12.1 Å². The number of aromatic nitrogens is 2. The van der Waals surface area contributed by atoms with Gasteiger partial charge in [-0.05, 0) is 54.4 Å². The van der Waals surface area contributed by atoms with Gasteiger partial charge in [-0.3, -0.25) is 4.79 Å². The minimum Gasteiger partial charge on any atom is -0.491 e. The lowest BCUT2D eigenvalue weighted by atomic mass is 9.94. The molecule has 0 fully saturated rings. The largest absolute Gasteiger partial charge is 0.491 e. The Morgan fingerprint density at radius 2 is 1.79 bits per heavy atom. The summed E-state index contributed by atoms with van der Waals surface area (Å²) in [5.74, 6) is 0.404. The molecule has 5 nitrogen and oxygen atoms in total. The normalized spacial score (nSPS) is 12.5. The molecule has 0 saturated heterocycles. The molecule has 1 unspecified atom stereocenters. The predicted octanol–water partition coefficient (Wildman–Crippen LogP) is 5.32. The van der Waals surface area contributed by atoms with Crippen molar-refractivity contribution in [3.63, 3.8) is 0 Å². The molecule has 1 heterocycles. The number of nitrogens with zero attached hydrogens (tertiary/aromatic N) is 2. The third kappa shape index (κ3) is 5.58. The molecule has 0 saturated carbocycles. The maximum Gasteiger partial charge on any atom is 0.225 e. The summed E-state index contributed by atoms with van der Waals surface area (Å²) in [5.41, 5.74) is 2.34. The summed E-state index contributed by atoms with van der Waals surface area (Å²) in [6.45, 7) is 6.04. The number of hydrogen-bond acceptors (Lipinski definition) is 3. The summed E-state index contributed by atoms with van der Waals surface area (Å²) in [5, 5.41) is 8.48. The number of hydrogen-bond donors (Lipinski definition) is 1. The highest BCUT2D eigenvalue weighted by atomic mass is 19.1. The van der Waals surface area contributed by atoms with E-state index in [0.717, 1.165) is 22.2 Å². The van der Waals surface area contributed by atoms with Crippen LogP contribution < -0.4 is 10.1 Å². The van der Waals surface area contributed by atoms with E-state index in [9.17, 15) is 9.18 Å². The highest BCUT2D eigenvalue weighted by molar-refractivity contribution is 5.82. The number of ether oxygens (including phenoxy) is 1. The van der Waals surface area contributed by atoms with Gasteiger partial charge >= 0.3 is 0 Å². The lowest BCUT2D eigenvalue weighted by Gasteiger charge is -2.24. The fourth-order valence-corrected chi connectivity index (χ4v) is 3.54. The quantitative estimate of drug-likeness (QED) is 0.419. The van der Waals surface area contributed by atoms with Crippen LogP contribution in [0.4, 0.5) is 4.39 Å². The molecular weight excluding hydrogens is 417 g/mol. The van der Waals surface area contributed by atoms with Crippen molar-refractivity contribution in [1.82, 2.24) is 15.1 Å². The topological polar surface area (TPSA) is 56.1 Å². The SMILES string of the molecule is CC(C)(C)C(=O)NC(COc1ccc2c(cnn2-c2ccc(F)cc2)c1)Cc1ccccc1. The highest BCUT2D eigenvalue weighted by Gasteiger charge is 2.24. The number of nitrogens with one attached hydrogen (secondary N) is 1. The molecule has 1 amide bonds. The number of rotatable bonds is 7.